The number of nitrogens with zero attached hydrogens (tertiary/aromatic N) is 1. The molecule has 0 amide bonds. The van der Waals surface area contributed by atoms with Gasteiger partial charge in [0.05, 0.1) is 5.56 Å². The van der Waals surface area contributed by atoms with Crippen molar-refractivity contribution in [2.24, 2.45) is 5.92 Å². The minimum absolute atomic E-state index is 0.0217. The van der Waals surface area contributed by atoms with E-state index in [2.05, 4.69) is 78.9 Å². The van der Waals surface area contributed by atoms with Gasteiger partial charge in [0.1, 0.15) is 0 Å². The van der Waals surface area contributed by atoms with E-state index in [9.17, 15) is 25.2 Å². The summed E-state index contributed by atoms with van der Waals surface area (Å²) < 4.78 is 61.7. The van der Waals surface area contributed by atoms with Gasteiger partial charge in [-0.1, -0.05) is 36.4 Å². The third kappa shape index (κ3) is 4.82. The van der Waals surface area contributed by atoms with Crippen molar-refractivity contribution in [3.63, 3.8) is 0 Å². The van der Waals surface area contributed by atoms with Crippen LogP contribution in [0.25, 0.3) is 11.3 Å². The third-order valence-corrected chi connectivity index (χ3v) is 4.71. The molecule has 1 aliphatic carbocycles. The SMILES string of the molecule is C=C(C)/C=C/[C@]1(C2CC2)c2ccccc2-c2cccc[n+]21.F[P-](F)(F)(F)(F)F. The van der Waals surface area contributed by atoms with E-state index in [1.54, 1.807) is 0 Å². The van der Waals surface area contributed by atoms with Crippen LogP contribution in [0.4, 0.5) is 25.2 Å². The molecule has 1 atom stereocenters. The predicted molar refractivity (Wildman–Crippen MR) is 99.4 cm³/mol. The Morgan fingerprint density at radius 3 is 2.18 bits per heavy atom. The Bertz CT molecular complexity index is 902. The Morgan fingerprint density at radius 1 is 1.04 bits per heavy atom. The van der Waals surface area contributed by atoms with Crippen molar-refractivity contribution in [2.75, 3.05) is 0 Å². The van der Waals surface area contributed by atoms with Gasteiger partial charge in [-0.2, -0.15) is 4.57 Å². The molecule has 2 aliphatic rings. The van der Waals surface area contributed by atoms with Crippen molar-refractivity contribution in [2.45, 2.75) is 25.3 Å². The molecule has 0 saturated heterocycles. The molecule has 0 unspecified atom stereocenters. The zero-order valence-corrected chi connectivity index (χ0v) is 16.0. The summed E-state index contributed by atoms with van der Waals surface area (Å²) >= 11 is 0. The first-order valence-electron chi connectivity index (χ1n) is 8.71. The summed E-state index contributed by atoms with van der Waals surface area (Å²) in [6.45, 7) is 6.11. The quantitative estimate of drug-likeness (QED) is 0.209. The summed E-state index contributed by atoms with van der Waals surface area (Å²) in [5, 5.41) is 0. The van der Waals surface area contributed by atoms with Crippen LogP contribution in [-0.2, 0) is 5.54 Å². The van der Waals surface area contributed by atoms with Crippen LogP contribution in [0, 0.1) is 5.92 Å². The summed E-state index contributed by atoms with van der Waals surface area (Å²) in [5.41, 5.74) is 5.22. The van der Waals surface area contributed by atoms with Crippen molar-refractivity contribution in [1.29, 1.82) is 0 Å². The van der Waals surface area contributed by atoms with Gasteiger partial charge in [-0.25, -0.2) is 0 Å². The van der Waals surface area contributed by atoms with Crippen LogP contribution < -0.4 is 4.57 Å². The number of rotatable bonds is 3. The van der Waals surface area contributed by atoms with Crippen LogP contribution in [-0.4, -0.2) is 0 Å². The molecule has 4 rings (SSSR count). The van der Waals surface area contributed by atoms with Gasteiger partial charge >= 0.3 is 33.0 Å². The zero-order valence-electron chi connectivity index (χ0n) is 15.1. The zero-order chi connectivity index (χ0) is 20.9. The first-order valence-corrected chi connectivity index (χ1v) is 10.7. The number of fused-ring (bicyclic) bond motifs is 3. The third-order valence-electron chi connectivity index (χ3n) is 4.71. The maximum atomic E-state index is 9.87. The second-order valence-corrected chi connectivity index (χ2v) is 9.16. The Labute approximate surface area is 159 Å². The van der Waals surface area contributed by atoms with E-state index in [4.69, 9.17) is 0 Å². The molecule has 8 heteroatoms. The van der Waals surface area contributed by atoms with Crippen molar-refractivity contribution in [1.82, 2.24) is 0 Å². The number of allylic oxidation sites excluding steroid dienone is 3. The van der Waals surface area contributed by atoms with E-state index in [0.717, 1.165) is 5.57 Å². The minimum atomic E-state index is -10.7. The van der Waals surface area contributed by atoms with Gasteiger partial charge in [-0.15, -0.1) is 0 Å². The molecule has 0 spiro atoms. The number of hydrogen-bond acceptors (Lipinski definition) is 0. The molecule has 1 aromatic carbocycles. The Morgan fingerprint density at radius 2 is 1.61 bits per heavy atom. The van der Waals surface area contributed by atoms with Gasteiger partial charge in [-0.3, -0.25) is 0 Å². The maximum absolute atomic E-state index is 10.7. The van der Waals surface area contributed by atoms with Gasteiger partial charge in [0.15, 0.2) is 6.20 Å². The number of benzene rings is 1. The molecule has 1 aliphatic heterocycles. The molecule has 1 saturated carbocycles. The number of aromatic nitrogens is 1. The van der Waals surface area contributed by atoms with Crippen molar-refractivity contribution in [3.05, 3.63) is 78.5 Å². The van der Waals surface area contributed by atoms with E-state index >= 15 is 0 Å². The summed E-state index contributed by atoms with van der Waals surface area (Å²) in [4.78, 5) is 0. The molecule has 2 heterocycles. The number of hydrogen-bond donors (Lipinski definition) is 0. The van der Waals surface area contributed by atoms with Gasteiger partial charge < -0.3 is 0 Å². The topological polar surface area (TPSA) is 3.88 Å². The van der Waals surface area contributed by atoms with E-state index in [1.807, 2.05) is 0 Å². The summed E-state index contributed by atoms with van der Waals surface area (Å²) in [6, 6.07) is 15.4. The van der Waals surface area contributed by atoms with Gasteiger partial charge in [0.25, 0.3) is 0 Å². The first kappa shape index (κ1) is 20.6. The first-order chi connectivity index (χ1) is 12.7. The second kappa shape index (κ2) is 5.93. The number of halogens is 6. The molecule has 28 heavy (non-hydrogen) atoms. The van der Waals surface area contributed by atoms with Crippen LogP contribution in [0.2, 0.25) is 0 Å². The average Bonchev–Trinajstić information content (AvgIpc) is 3.35. The average molecular weight is 419 g/mol. The van der Waals surface area contributed by atoms with Crippen LogP contribution in [0.5, 0.6) is 0 Å². The van der Waals surface area contributed by atoms with Gasteiger partial charge in [0, 0.05) is 23.6 Å². The van der Waals surface area contributed by atoms with Gasteiger partial charge in [-0.05, 0) is 38.0 Å². The standard InChI is InChI=1S/C20H20N.F6P/c1-15(2)12-13-20(16-10-11-16)18-8-4-3-7-17(18)19-9-5-6-14-21(19)20;1-7(2,3,4,5)6/h3-9,12-14,16H,1,10-11H2,2H3;/q+1;-1/b13-12+;/t20-;/m0./s1. The molecule has 2 aromatic rings. The molecule has 1 aromatic heterocycles. The van der Waals surface area contributed by atoms with Crippen molar-refractivity contribution >= 4 is 7.81 Å². The summed E-state index contributed by atoms with van der Waals surface area (Å²) in [5.74, 6) is 0.697. The number of pyridine rings is 1. The Hall–Kier alpha value is -2.14. The fraction of sp³-hybridized carbons (Fsp3) is 0.250. The Kier molecular flexibility index (Phi) is 4.36. The molecule has 152 valence electrons. The predicted octanol–water partition coefficient (Wildman–Crippen LogP) is 7.62. The van der Waals surface area contributed by atoms with Crippen molar-refractivity contribution < 1.29 is 29.7 Å². The van der Waals surface area contributed by atoms with Crippen LogP contribution in [0.3, 0.4) is 0 Å². The van der Waals surface area contributed by atoms with Gasteiger partial charge in [0.2, 0.25) is 11.2 Å². The second-order valence-electron chi connectivity index (χ2n) is 7.24. The summed E-state index contributed by atoms with van der Waals surface area (Å²) in [7, 11) is -10.7. The van der Waals surface area contributed by atoms with E-state index in [-0.39, 0.29) is 5.54 Å². The van der Waals surface area contributed by atoms with Crippen LogP contribution in [0.15, 0.2) is 73.0 Å². The Balaban J connectivity index is 0.000000279. The molecule has 0 bridgehead atoms. The fourth-order valence-corrected chi connectivity index (χ4v) is 3.69. The molecule has 0 N–H and O–H groups in total. The molecular formula is C20H20F6NP. The van der Waals surface area contributed by atoms with E-state index in [0.29, 0.717) is 5.92 Å². The van der Waals surface area contributed by atoms with E-state index < -0.39 is 7.81 Å². The molecular weight excluding hydrogens is 399 g/mol. The normalized spacial score (nSPS) is 23.1. The molecule has 1 fully saturated rings. The summed E-state index contributed by atoms with van der Waals surface area (Å²) in [6.07, 6.45) is 9.40. The molecule has 0 radical (unpaired) electrons. The van der Waals surface area contributed by atoms with Crippen molar-refractivity contribution in [3.8, 4) is 11.3 Å². The van der Waals surface area contributed by atoms with Crippen LogP contribution in [0.1, 0.15) is 25.3 Å². The molecule has 1 nitrogen and oxygen atoms in total. The van der Waals surface area contributed by atoms with E-state index in [1.165, 1.54) is 29.7 Å². The van der Waals surface area contributed by atoms with Crippen LogP contribution >= 0.6 is 7.81 Å². The monoisotopic (exact) mass is 419 g/mol. The fourth-order valence-electron chi connectivity index (χ4n) is 3.69.